The van der Waals surface area contributed by atoms with E-state index in [1.165, 1.54) is 12.1 Å². The number of hydrogen-bond donors (Lipinski definition) is 2. The minimum Gasteiger partial charge on any atom is -0.477 e. The van der Waals surface area contributed by atoms with Gasteiger partial charge in [-0.25, -0.2) is 19.6 Å². The largest absolute Gasteiger partial charge is 0.477 e. The van der Waals surface area contributed by atoms with Crippen LogP contribution in [0.25, 0.3) is 0 Å². The van der Waals surface area contributed by atoms with Crippen LogP contribution in [0.5, 0.6) is 0 Å². The van der Waals surface area contributed by atoms with E-state index in [1.807, 2.05) is 0 Å². The van der Waals surface area contributed by atoms with Crippen LogP contribution in [-0.4, -0.2) is 32.1 Å². The molecule has 0 unspecified atom stereocenters. The van der Waals surface area contributed by atoms with Crippen molar-refractivity contribution in [1.82, 2.24) is 9.97 Å². The zero-order valence-electron chi connectivity index (χ0n) is 10.5. The van der Waals surface area contributed by atoms with Crippen LogP contribution in [0.2, 0.25) is 0 Å². The minimum atomic E-state index is -1.07. The van der Waals surface area contributed by atoms with Crippen molar-refractivity contribution >= 4 is 11.9 Å². The van der Waals surface area contributed by atoms with Gasteiger partial charge < -0.3 is 10.2 Å². The zero-order chi connectivity index (χ0) is 14.5. The summed E-state index contributed by atoms with van der Waals surface area (Å²) in [7, 11) is 0. The number of aryl methyl sites for hydroxylation is 2. The van der Waals surface area contributed by atoms with Crippen LogP contribution in [-0.2, 0) is 12.8 Å². The van der Waals surface area contributed by atoms with Crippen LogP contribution < -0.4 is 0 Å². The van der Waals surface area contributed by atoms with Crippen LogP contribution in [0.1, 0.15) is 32.4 Å². The van der Waals surface area contributed by atoms with Crippen molar-refractivity contribution in [3.63, 3.8) is 0 Å². The van der Waals surface area contributed by atoms with Crippen LogP contribution in [0, 0.1) is 0 Å². The molecule has 2 N–H and O–H groups in total. The fourth-order valence-corrected chi connectivity index (χ4v) is 1.73. The number of carboxylic acids is 2. The Morgan fingerprint density at radius 2 is 1.20 bits per heavy atom. The molecular weight excluding hydrogens is 260 g/mol. The van der Waals surface area contributed by atoms with Crippen molar-refractivity contribution < 1.29 is 19.8 Å². The van der Waals surface area contributed by atoms with Crippen LogP contribution >= 0.6 is 0 Å². The van der Waals surface area contributed by atoms with Gasteiger partial charge in [0.15, 0.2) is 0 Å². The first-order valence-corrected chi connectivity index (χ1v) is 5.95. The molecule has 0 aliphatic rings. The van der Waals surface area contributed by atoms with Gasteiger partial charge in [-0.2, -0.15) is 0 Å². The highest BCUT2D eigenvalue weighted by Gasteiger charge is 2.07. The molecule has 2 heterocycles. The molecular formula is C14H12N2O4. The lowest BCUT2D eigenvalue weighted by molar-refractivity contribution is 0.0679. The standard InChI is InChI=1S/C14H12N2O4/c17-13(18)11-5-1-3-9(15-11)7-8-10-4-2-6-12(16-10)14(19)20/h1-6H,7-8H2,(H,17,18)(H,19,20). The third-order valence-corrected chi connectivity index (χ3v) is 2.69. The number of pyridine rings is 2. The Morgan fingerprint density at radius 3 is 1.55 bits per heavy atom. The number of carbonyl (C=O) groups is 2. The van der Waals surface area contributed by atoms with Crippen molar-refractivity contribution in [3.8, 4) is 0 Å². The molecule has 0 radical (unpaired) electrons. The van der Waals surface area contributed by atoms with Crippen molar-refractivity contribution in [2.75, 3.05) is 0 Å². The Balaban J connectivity index is 2.08. The van der Waals surface area contributed by atoms with Crippen LogP contribution in [0.4, 0.5) is 0 Å². The first-order chi connectivity index (χ1) is 9.56. The Hall–Kier alpha value is -2.76. The summed E-state index contributed by atoms with van der Waals surface area (Å²) in [5.74, 6) is -2.14. The number of carboxylic acid groups (broad SMARTS) is 2. The predicted octanol–water partition coefficient (Wildman–Crippen LogP) is 1.66. The van der Waals surface area contributed by atoms with Gasteiger partial charge in [-0.1, -0.05) is 12.1 Å². The van der Waals surface area contributed by atoms with E-state index in [-0.39, 0.29) is 11.4 Å². The van der Waals surface area contributed by atoms with Gasteiger partial charge in [0.1, 0.15) is 11.4 Å². The molecule has 102 valence electrons. The summed E-state index contributed by atoms with van der Waals surface area (Å²) in [5, 5.41) is 17.7. The molecule has 6 heteroatoms. The summed E-state index contributed by atoms with van der Waals surface area (Å²) in [5.41, 5.74) is 1.25. The fraction of sp³-hybridized carbons (Fsp3) is 0.143. The van der Waals surface area contributed by atoms with Crippen molar-refractivity contribution in [2.45, 2.75) is 12.8 Å². The third-order valence-electron chi connectivity index (χ3n) is 2.69. The summed E-state index contributed by atoms with van der Waals surface area (Å²) in [6, 6.07) is 9.57. The van der Waals surface area contributed by atoms with Gasteiger partial charge in [0.2, 0.25) is 0 Å². The smallest absolute Gasteiger partial charge is 0.354 e. The van der Waals surface area contributed by atoms with E-state index >= 15 is 0 Å². The fourth-order valence-electron chi connectivity index (χ4n) is 1.73. The van der Waals surface area contributed by atoms with E-state index in [9.17, 15) is 9.59 Å². The summed E-state index contributed by atoms with van der Waals surface area (Å²) in [6.45, 7) is 0. The lowest BCUT2D eigenvalue weighted by Gasteiger charge is -2.03. The van der Waals surface area contributed by atoms with E-state index in [1.54, 1.807) is 24.3 Å². The second-order valence-corrected chi connectivity index (χ2v) is 4.14. The molecule has 0 aliphatic heterocycles. The number of nitrogens with zero attached hydrogens (tertiary/aromatic N) is 2. The van der Waals surface area contributed by atoms with Gasteiger partial charge in [-0.15, -0.1) is 0 Å². The summed E-state index contributed by atoms with van der Waals surface area (Å²) in [4.78, 5) is 29.6. The maximum atomic E-state index is 10.8. The van der Waals surface area contributed by atoms with Crippen molar-refractivity contribution in [2.24, 2.45) is 0 Å². The van der Waals surface area contributed by atoms with Gasteiger partial charge in [-0.05, 0) is 37.1 Å². The van der Waals surface area contributed by atoms with Crippen molar-refractivity contribution in [3.05, 3.63) is 59.2 Å². The van der Waals surface area contributed by atoms with E-state index in [0.29, 0.717) is 24.2 Å². The molecule has 0 saturated carbocycles. The topological polar surface area (TPSA) is 100 Å². The molecule has 0 fully saturated rings. The minimum absolute atomic E-state index is 0.00486. The Kier molecular flexibility index (Phi) is 4.05. The Bertz CT molecular complexity index is 598. The molecule has 0 spiro atoms. The highest BCUT2D eigenvalue weighted by molar-refractivity contribution is 5.85. The molecule has 0 bridgehead atoms. The molecule has 6 nitrogen and oxygen atoms in total. The quantitative estimate of drug-likeness (QED) is 0.858. The summed E-state index contributed by atoms with van der Waals surface area (Å²) < 4.78 is 0. The maximum Gasteiger partial charge on any atom is 0.354 e. The maximum absolute atomic E-state index is 10.8. The molecule has 20 heavy (non-hydrogen) atoms. The van der Waals surface area contributed by atoms with Gasteiger partial charge in [0.25, 0.3) is 0 Å². The predicted molar refractivity (Wildman–Crippen MR) is 69.8 cm³/mol. The van der Waals surface area contributed by atoms with Gasteiger partial charge in [0, 0.05) is 11.4 Å². The summed E-state index contributed by atoms with van der Waals surface area (Å²) in [6.07, 6.45) is 0.994. The SMILES string of the molecule is O=C(O)c1cccc(CCc2cccc(C(=O)O)n2)n1. The average molecular weight is 272 g/mol. The Morgan fingerprint density at radius 1 is 0.800 bits per heavy atom. The highest BCUT2D eigenvalue weighted by Crippen LogP contribution is 2.06. The van der Waals surface area contributed by atoms with E-state index in [0.717, 1.165) is 0 Å². The van der Waals surface area contributed by atoms with Crippen LogP contribution in [0.15, 0.2) is 36.4 Å². The van der Waals surface area contributed by atoms with Crippen molar-refractivity contribution in [1.29, 1.82) is 0 Å². The molecule has 2 aromatic heterocycles. The monoisotopic (exact) mass is 272 g/mol. The lowest BCUT2D eigenvalue weighted by Crippen LogP contribution is -2.05. The number of hydrogen-bond acceptors (Lipinski definition) is 4. The molecule has 0 saturated heterocycles. The highest BCUT2D eigenvalue weighted by atomic mass is 16.4. The molecule has 2 aromatic rings. The number of aromatic carboxylic acids is 2. The third kappa shape index (κ3) is 3.38. The average Bonchev–Trinajstić information content (AvgIpc) is 2.45. The van der Waals surface area contributed by atoms with Gasteiger partial charge in [-0.3, -0.25) is 0 Å². The number of rotatable bonds is 5. The normalized spacial score (nSPS) is 10.2. The molecule has 0 aromatic carbocycles. The molecule has 0 amide bonds. The lowest BCUT2D eigenvalue weighted by atomic mass is 10.1. The molecule has 0 aliphatic carbocycles. The summed E-state index contributed by atoms with van der Waals surface area (Å²) >= 11 is 0. The van der Waals surface area contributed by atoms with E-state index < -0.39 is 11.9 Å². The molecule has 0 atom stereocenters. The number of aromatic nitrogens is 2. The Labute approximate surface area is 114 Å². The zero-order valence-corrected chi connectivity index (χ0v) is 10.5. The van der Waals surface area contributed by atoms with E-state index in [2.05, 4.69) is 9.97 Å². The van der Waals surface area contributed by atoms with Crippen LogP contribution in [0.3, 0.4) is 0 Å². The molecule has 2 rings (SSSR count). The first kappa shape index (κ1) is 13.7. The van der Waals surface area contributed by atoms with Gasteiger partial charge in [0.05, 0.1) is 0 Å². The second kappa shape index (κ2) is 5.92. The second-order valence-electron chi connectivity index (χ2n) is 4.14. The first-order valence-electron chi connectivity index (χ1n) is 5.95. The van der Waals surface area contributed by atoms with E-state index in [4.69, 9.17) is 10.2 Å². The van der Waals surface area contributed by atoms with Gasteiger partial charge >= 0.3 is 11.9 Å².